The van der Waals surface area contributed by atoms with E-state index in [-0.39, 0.29) is 11.7 Å². The smallest absolute Gasteiger partial charge is 0.268 e. The molecule has 0 atom stereocenters. The lowest BCUT2D eigenvalue weighted by atomic mass is 10.1. The first-order valence-electron chi connectivity index (χ1n) is 9.05. The number of nitrogen functional groups attached to an aromatic ring is 1. The van der Waals surface area contributed by atoms with Crippen LogP contribution in [0.5, 0.6) is 5.75 Å². The molecular weight excluding hydrogens is 389 g/mol. The molecule has 3 N–H and O–H groups in total. The third-order valence-electron chi connectivity index (χ3n) is 4.38. The van der Waals surface area contributed by atoms with E-state index in [0.29, 0.717) is 44.5 Å². The molecule has 29 heavy (non-hydrogen) atoms. The molecule has 146 valence electrons. The van der Waals surface area contributed by atoms with Gasteiger partial charge in [0.2, 0.25) is 0 Å². The third-order valence-corrected chi connectivity index (χ3v) is 5.49. The molecule has 7 heteroatoms. The predicted octanol–water partition coefficient (Wildman–Crippen LogP) is 5.34. The summed E-state index contributed by atoms with van der Waals surface area (Å²) in [5.74, 6) is -0.0257. The Morgan fingerprint density at radius 1 is 1.14 bits per heavy atom. The molecule has 0 saturated heterocycles. The van der Waals surface area contributed by atoms with Crippen molar-refractivity contribution in [2.24, 2.45) is 0 Å². The molecule has 5 nitrogen and oxygen atoms in total. The molecule has 2 aromatic heterocycles. The van der Waals surface area contributed by atoms with Crippen LogP contribution in [0, 0.1) is 5.82 Å². The van der Waals surface area contributed by atoms with Crippen LogP contribution in [0.4, 0.5) is 15.8 Å². The maximum Gasteiger partial charge on any atom is 0.268 e. The van der Waals surface area contributed by atoms with Crippen molar-refractivity contribution in [1.29, 1.82) is 0 Å². The number of nitrogens with two attached hydrogens (primary N) is 1. The van der Waals surface area contributed by atoms with Gasteiger partial charge in [-0.1, -0.05) is 12.1 Å². The summed E-state index contributed by atoms with van der Waals surface area (Å²) in [7, 11) is 0. The van der Waals surface area contributed by atoms with E-state index >= 15 is 0 Å². The van der Waals surface area contributed by atoms with Gasteiger partial charge in [-0.15, -0.1) is 11.3 Å². The topological polar surface area (TPSA) is 77.2 Å². The van der Waals surface area contributed by atoms with Crippen molar-refractivity contribution in [2.75, 3.05) is 17.7 Å². The van der Waals surface area contributed by atoms with Crippen LogP contribution in [0.15, 0.2) is 60.7 Å². The number of pyridine rings is 1. The van der Waals surface area contributed by atoms with Gasteiger partial charge in [0.25, 0.3) is 5.91 Å². The average Bonchev–Trinajstić information content (AvgIpc) is 3.06. The zero-order valence-electron chi connectivity index (χ0n) is 15.6. The standard InChI is InChI=1S/C22H18FN3O2S/c1-2-28-18-6-4-3-5-17(18)25-21(27)20-19(24)15-11-12-16(26-22(15)29-20)13-7-9-14(23)10-8-13/h3-12H,2,24H2,1H3,(H,25,27). The van der Waals surface area contributed by atoms with Crippen LogP contribution in [0.25, 0.3) is 21.5 Å². The third kappa shape index (κ3) is 3.77. The lowest BCUT2D eigenvalue weighted by Gasteiger charge is -2.10. The van der Waals surface area contributed by atoms with Crippen molar-refractivity contribution in [1.82, 2.24) is 4.98 Å². The van der Waals surface area contributed by atoms with Gasteiger partial charge in [-0.3, -0.25) is 4.79 Å². The highest BCUT2D eigenvalue weighted by Gasteiger charge is 2.19. The molecule has 1 amide bonds. The van der Waals surface area contributed by atoms with Crippen molar-refractivity contribution in [3.8, 4) is 17.0 Å². The van der Waals surface area contributed by atoms with Crippen LogP contribution in [0.1, 0.15) is 16.6 Å². The fraction of sp³-hybridized carbons (Fsp3) is 0.0909. The molecule has 0 radical (unpaired) electrons. The molecule has 0 fully saturated rings. The van der Waals surface area contributed by atoms with Crippen LogP contribution >= 0.6 is 11.3 Å². The molecule has 0 saturated carbocycles. The highest BCUT2D eigenvalue weighted by molar-refractivity contribution is 7.21. The minimum Gasteiger partial charge on any atom is -0.492 e. The number of rotatable bonds is 5. The molecule has 0 aliphatic carbocycles. The number of carbonyl (C=O) groups excluding carboxylic acids is 1. The van der Waals surface area contributed by atoms with Gasteiger partial charge in [-0.2, -0.15) is 0 Å². The van der Waals surface area contributed by atoms with E-state index in [1.807, 2.05) is 31.2 Å². The lowest BCUT2D eigenvalue weighted by Crippen LogP contribution is -2.13. The number of hydrogen-bond acceptors (Lipinski definition) is 5. The van der Waals surface area contributed by atoms with Crippen molar-refractivity contribution in [2.45, 2.75) is 6.92 Å². The minimum absolute atomic E-state index is 0.304. The Bertz CT molecular complexity index is 1190. The summed E-state index contributed by atoms with van der Waals surface area (Å²) in [6.07, 6.45) is 0. The van der Waals surface area contributed by atoms with E-state index in [1.54, 1.807) is 24.3 Å². The second-order valence-corrected chi connectivity index (χ2v) is 7.28. The van der Waals surface area contributed by atoms with E-state index in [4.69, 9.17) is 10.5 Å². The summed E-state index contributed by atoms with van der Waals surface area (Å²) in [4.78, 5) is 18.5. The Labute approximate surface area is 171 Å². The Kier molecular flexibility index (Phi) is 5.14. The van der Waals surface area contributed by atoms with E-state index in [2.05, 4.69) is 10.3 Å². The largest absolute Gasteiger partial charge is 0.492 e. The number of thiophene rings is 1. The summed E-state index contributed by atoms with van der Waals surface area (Å²) in [5.41, 5.74) is 8.67. The molecular formula is C22H18FN3O2S. The average molecular weight is 407 g/mol. The lowest BCUT2D eigenvalue weighted by molar-refractivity contribution is 0.103. The molecule has 0 spiro atoms. The second-order valence-electron chi connectivity index (χ2n) is 6.28. The number of fused-ring (bicyclic) bond motifs is 1. The molecule has 0 bridgehead atoms. The van der Waals surface area contributed by atoms with E-state index in [1.165, 1.54) is 23.5 Å². The SMILES string of the molecule is CCOc1ccccc1NC(=O)c1sc2nc(-c3ccc(F)cc3)ccc2c1N. The van der Waals surface area contributed by atoms with Crippen LogP contribution in [-0.4, -0.2) is 17.5 Å². The zero-order valence-corrected chi connectivity index (χ0v) is 16.4. The normalized spacial score (nSPS) is 10.8. The number of nitrogens with zero attached hydrogens (tertiary/aromatic N) is 1. The molecule has 4 aromatic rings. The zero-order chi connectivity index (χ0) is 20.4. The number of hydrogen-bond donors (Lipinski definition) is 2. The van der Waals surface area contributed by atoms with Crippen LogP contribution < -0.4 is 15.8 Å². The number of carbonyl (C=O) groups is 1. The van der Waals surface area contributed by atoms with Crippen LogP contribution in [0.3, 0.4) is 0 Å². The number of benzene rings is 2. The summed E-state index contributed by atoms with van der Waals surface area (Å²) in [6, 6.07) is 17.0. The maximum absolute atomic E-state index is 13.2. The molecule has 2 heterocycles. The van der Waals surface area contributed by atoms with E-state index in [9.17, 15) is 9.18 Å². The number of halogens is 1. The van der Waals surface area contributed by atoms with Crippen LogP contribution in [-0.2, 0) is 0 Å². The minimum atomic E-state index is -0.319. The van der Waals surface area contributed by atoms with Crippen molar-refractivity contribution < 1.29 is 13.9 Å². The Hall–Kier alpha value is -3.45. The van der Waals surface area contributed by atoms with E-state index in [0.717, 1.165) is 5.56 Å². The quantitative estimate of drug-likeness (QED) is 0.468. The molecule has 4 rings (SSSR count). The number of ether oxygens (including phenoxy) is 1. The highest BCUT2D eigenvalue weighted by atomic mass is 32.1. The van der Waals surface area contributed by atoms with Gasteiger partial charge in [0, 0.05) is 10.9 Å². The monoisotopic (exact) mass is 407 g/mol. The number of aromatic nitrogens is 1. The van der Waals surface area contributed by atoms with Gasteiger partial charge < -0.3 is 15.8 Å². The van der Waals surface area contributed by atoms with Crippen molar-refractivity contribution in [3.63, 3.8) is 0 Å². The second kappa shape index (κ2) is 7.89. The van der Waals surface area contributed by atoms with E-state index < -0.39 is 0 Å². The Balaban J connectivity index is 1.66. The van der Waals surface area contributed by atoms with Gasteiger partial charge >= 0.3 is 0 Å². The molecule has 0 aliphatic rings. The summed E-state index contributed by atoms with van der Waals surface area (Å²) in [5, 5.41) is 3.58. The summed E-state index contributed by atoms with van der Waals surface area (Å²) in [6.45, 7) is 2.38. The van der Waals surface area contributed by atoms with Gasteiger partial charge in [0.05, 0.1) is 23.7 Å². The first-order valence-corrected chi connectivity index (χ1v) is 9.86. The Morgan fingerprint density at radius 2 is 1.90 bits per heavy atom. The molecule has 2 aromatic carbocycles. The fourth-order valence-electron chi connectivity index (χ4n) is 2.98. The Morgan fingerprint density at radius 3 is 2.66 bits per heavy atom. The number of amides is 1. The molecule has 0 aliphatic heterocycles. The number of para-hydroxylation sites is 2. The number of anilines is 2. The maximum atomic E-state index is 13.2. The number of nitrogens with one attached hydrogen (secondary N) is 1. The van der Waals surface area contributed by atoms with Gasteiger partial charge in [-0.25, -0.2) is 9.37 Å². The molecule has 0 unspecified atom stereocenters. The van der Waals surface area contributed by atoms with Gasteiger partial charge in [0.1, 0.15) is 21.3 Å². The summed E-state index contributed by atoms with van der Waals surface area (Å²) < 4.78 is 18.7. The van der Waals surface area contributed by atoms with Crippen molar-refractivity contribution in [3.05, 3.63) is 71.4 Å². The first-order chi connectivity index (χ1) is 14.1. The van der Waals surface area contributed by atoms with Gasteiger partial charge in [0.15, 0.2) is 0 Å². The van der Waals surface area contributed by atoms with Crippen LogP contribution in [0.2, 0.25) is 0 Å². The predicted molar refractivity (Wildman–Crippen MR) is 115 cm³/mol. The summed E-state index contributed by atoms with van der Waals surface area (Å²) >= 11 is 1.22. The fourth-order valence-corrected chi connectivity index (χ4v) is 3.97. The first kappa shape index (κ1) is 18.9. The van der Waals surface area contributed by atoms with Crippen molar-refractivity contribution >= 4 is 38.8 Å². The van der Waals surface area contributed by atoms with Gasteiger partial charge in [-0.05, 0) is 55.5 Å². The highest BCUT2D eigenvalue weighted by Crippen LogP contribution is 2.35.